The van der Waals surface area contributed by atoms with Gasteiger partial charge in [0.25, 0.3) is 0 Å². The number of nitrogens with one attached hydrogen (secondary N) is 1. The average Bonchev–Trinajstić information content (AvgIpc) is 3.42. The van der Waals surface area contributed by atoms with Gasteiger partial charge in [-0.2, -0.15) is 0 Å². The number of carbonyl (C=O) groups excluding carboxylic acids is 1. The molecule has 1 atom stereocenters. The van der Waals surface area contributed by atoms with Crippen molar-refractivity contribution >= 4 is 17.4 Å². The van der Waals surface area contributed by atoms with E-state index in [4.69, 9.17) is 4.74 Å². The average molecular weight is 421 g/mol. The Labute approximate surface area is 184 Å². The second-order valence-electron chi connectivity index (χ2n) is 9.26. The van der Waals surface area contributed by atoms with E-state index in [-0.39, 0.29) is 11.6 Å². The van der Waals surface area contributed by atoms with E-state index in [9.17, 15) is 4.79 Å². The molecule has 1 unspecified atom stereocenters. The normalized spacial score (nSPS) is 22.2. The Morgan fingerprint density at radius 2 is 1.81 bits per heavy atom. The van der Waals surface area contributed by atoms with Crippen molar-refractivity contribution < 1.29 is 9.53 Å². The molecule has 3 heterocycles. The number of piperidine rings is 1. The molecule has 164 valence electrons. The van der Waals surface area contributed by atoms with Crippen LogP contribution in [0.5, 0.6) is 0 Å². The molecule has 0 bridgehead atoms. The van der Waals surface area contributed by atoms with Gasteiger partial charge in [0.1, 0.15) is 0 Å². The van der Waals surface area contributed by atoms with Crippen molar-refractivity contribution in [3.8, 4) is 0 Å². The lowest BCUT2D eigenvalue weighted by Gasteiger charge is -2.39. The van der Waals surface area contributed by atoms with Crippen molar-refractivity contribution in [1.82, 2.24) is 9.80 Å². The van der Waals surface area contributed by atoms with Crippen LogP contribution in [-0.4, -0.2) is 62.1 Å². The molecular weight excluding hydrogens is 388 g/mol. The summed E-state index contributed by atoms with van der Waals surface area (Å²) in [5.74, 6) is 0. The van der Waals surface area contributed by atoms with Crippen LogP contribution in [0.15, 0.2) is 48.5 Å². The topological polar surface area (TPSA) is 48.0 Å². The molecule has 1 N–H and O–H groups in total. The Bertz CT molecular complexity index is 935. The van der Waals surface area contributed by atoms with Crippen molar-refractivity contribution in [2.24, 2.45) is 0 Å². The molecule has 3 aliphatic rings. The summed E-state index contributed by atoms with van der Waals surface area (Å²) in [6.45, 7) is 4.23. The fourth-order valence-corrected chi connectivity index (χ4v) is 5.22. The molecule has 0 radical (unpaired) electrons. The predicted molar refractivity (Wildman–Crippen MR) is 123 cm³/mol. The molecule has 2 aromatic rings. The number of amides is 2. The van der Waals surface area contributed by atoms with Crippen LogP contribution in [0.3, 0.4) is 0 Å². The van der Waals surface area contributed by atoms with Gasteiger partial charge in [-0.15, -0.1) is 0 Å². The summed E-state index contributed by atoms with van der Waals surface area (Å²) in [7, 11) is 4.29. The van der Waals surface area contributed by atoms with E-state index in [0.29, 0.717) is 25.7 Å². The lowest BCUT2D eigenvalue weighted by Crippen LogP contribution is -2.46. The lowest BCUT2D eigenvalue weighted by atomic mass is 9.84. The quantitative estimate of drug-likeness (QED) is 0.819. The van der Waals surface area contributed by atoms with E-state index in [2.05, 4.69) is 65.6 Å². The molecule has 2 fully saturated rings. The van der Waals surface area contributed by atoms with Crippen LogP contribution < -0.4 is 10.2 Å². The van der Waals surface area contributed by atoms with Crippen molar-refractivity contribution in [3.05, 3.63) is 59.7 Å². The number of rotatable bonds is 3. The van der Waals surface area contributed by atoms with E-state index in [1.54, 1.807) is 0 Å². The number of ether oxygens (including phenoxy) is 1. The largest absolute Gasteiger partial charge is 0.370 e. The number of fused-ring (bicyclic) bond motifs is 2. The zero-order valence-corrected chi connectivity index (χ0v) is 18.5. The van der Waals surface area contributed by atoms with Crippen molar-refractivity contribution in [2.45, 2.75) is 37.5 Å². The smallest absolute Gasteiger partial charge is 0.321 e. The fraction of sp³-hybridized carbons (Fsp3) is 0.480. The summed E-state index contributed by atoms with van der Waals surface area (Å²) in [6.07, 6.45) is 2.88. The van der Waals surface area contributed by atoms with E-state index < -0.39 is 0 Å². The maximum atomic E-state index is 12.8. The summed E-state index contributed by atoms with van der Waals surface area (Å²) < 4.78 is 6.22. The minimum Gasteiger partial charge on any atom is -0.370 e. The third-order valence-corrected chi connectivity index (χ3v) is 7.25. The van der Waals surface area contributed by atoms with E-state index >= 15 is 0 Å². The second kappa shape index (κ2) is 8.17. The van der Waals surface area contributed by atoms with E-state index in [0.717, 1.165) is 31.6 Å². The molecule has 0 saturated carbocycles. The van der Waals surface area contributed by atoms with Gasteiger partial charge in [0, 0.05) is 43.6 Å². The monoisotopic (exact) mass is 420 g/mol. The summed E-state index contributed by atoms with van der Waals surface area (Å²) in [4.78, 5) is 19.5. The fourth-order valence-electron chi connectivity index (χ4n) is 5.22. The van der Waals surface area contributed by atoms with Crippen molar-refractivity contribution in [3.63, 3.8) is 0 Å². The summed E-state index contributed by atoms with van der Waals surface area (Å²) in [5, 5.41) is 3.07. The molecule has 2 saturated heterocycles. The number of hydrogen-bond acceptors (Lipinski definition) is 4. The van der Waals surface area contributed by atoms with Gasteiger partial charge >= 0.3 is 6.03 Å². The molecule has 0 aromatic heterocycles. The van der Waals surface area contributed by atoms with Crippen LogP contribution in [-0.2, 0) is 16.9 Å². The van der Waals surface area contributed by atoms with Gasteiger partial charge in [0.2, 0.25) is 0 Å². The zero-order chi connectivity index (χ0) is 21.4. The summed E-state index contributed by atoms with van der Waals surface area (Å²) in [5.41, 5.74) is 4.45. The molecule has 31 heavy (non-hydrogen) atoms. The third-order valence-electron chi connectivity index (χ3n) is 7.25. The molecule has 1 spiro atoms. The number of likely N-dealkylation sites (N-methyl/N-ethyl adjacent to an activating group) is 1. The van der Waals surface area contributed by atoms with Gasteiger partial charge in [-0.25, -0.2) is 4.79 Å². The molecule has 6 nitrogen and oxygen atoms in total. The Kier molecular flexibility index (Phi) is 5.36. The lowest BCUT2D eigenvalue weighted by molar-refractivity contribution is -0.0722. The third kappa shape index (κ3) is 3.90. The van der Waals surface area contributed by atoms with Crippen LogP contribution in [0.2, 0.25) is 0 Å². The number of carbonyl (C=O) groups is 1. The van der Waals surface area contributed by atoms with Gasteiger partial charge in [-0.1, -0.05) is 24.3 Å². The van der Waals surface area contributed by atoms with Gasteiger partial charge in [-0.05, 0) is 68.8 Å². The van der Waals surface area contributed by atoms with Gasteiger partial charge in [0.15, 0.2) is 0 Å². The standard InChI is InChI=1S/C25H32N4O2/c1-27(2)22-11-14-29(17-22)21-9-7-20(8-10-21)26-24(30)28-15-12-25(13-16-28)23-6-4-3-5-19(23)18-31-25/h3-10,22H,11-18H2,1-2H3,(H,26,30). The maximum Gasteiger partial charge on any atom is 0.321 e. The van der Waals surface area contributed by atoms with Crippen LogP contribution in [0.25, 0.3) is 0 Å². The first-order valence-electron chi connectivity index (χ1n) is 11.3. The minimum atomic E-state index is -0.213. The highest BCUT2D eigenvalue weighted by Crippen LogP contribution is 2.44. The summed E-state index contributed by atoms with van der Waals surface area (Å²) >= 11 is 0. The molecule has 0 aliphatic carbocycles. The first kappa shape index (κ1) is 20.3. The molecule has 6 heteroatoms. The van der Waals surface area contributed by atoms with Gasteiger partial charge in [-0.3, -0.25) is 0 Å². The molecule has 5 rings (SSSR count). The Morgan fingerprint density at radius 1 is 1.06 bits per heavy atom. The minimum absolute atomic E-state index is 0.0253. The van der Waals surface area contributed by atoms with Crippen LogP contribution in [0.1, 0.15) is 30.4 Å². The zero-order valence-electron chi connectivity index (χ0n) is 18.5. The van der Waals surface area contributed by atoms with Crippen molar-refractivity contribution in [1.29, 1.82) is 0 Å². The Morgan fingerprint density at radius 3 is 2.52 bits per heavy atom. The first-order chi connectivity index (χ1) is 15.0. The molecule has 2 aromatic carbocycles. The first-order valence-corrected chi connectivity index (χ1v) is 11.3. The van der Waals surface area contributed by atoms with Gasteiger partial charge < -0.3 is 24.8 Å². The second-order valence-corrected chi connectivity index (χ2v) is 9.26. The molecule has 3 aliphatic heterocycles. The SMILES string of the molecule is CN(C)C1CCN(c2ccc(NC(=O)N3CCC4(CC3)OCc3ccccc34)cc2)C1. The number of nitrogens with zero attached hydrogens (tertiary/aromatic N) is 3. The maximum absolute atomic E-state index is 12.8. The van der Waals surface area contributed by atoms with Crippen LogP contribution in [0, 0.1) is 0 Å². The number of hydrogen-bond donors (Lipinski definition) is 1. The number of likely N-dealkylation sites (tertiary alicyclic amines) is 1. The highest BCUT2D eigenvalue weighted by Gasteiger charge is 2.43. The number of urea groups is 1. The van der Waals surface area contributed by atoms with Gasteiger partial charge in [0.05, 0.1) is 12.2 Å². The number of benzene rings is 2. The molecule has 2 amide bonds. The van der Waals surface area contributed by atoms with Crippen LogP contribution in [0.4, 0.5) is 16.2 Å². The highest BCUT2D eigenvalue weighted by atomic mass is 16.5. The predicted octanol–water partition coefficient (Wildman–Crippen LogP) is 3.88. The highest BCUT2D eigenvalue weighted by molar-refractivity contribution is 5.89. The Balaban J connectivity index is 1.16. The molecular formula is C25H32N4O2. The van der Waals surface area contributed by atoms with E-state index in [1.807, 2.05) is 17.0 Å². The Hall–Kier alpha value is -2.57. The van der Waals surface area contributed by atoms with Crippen LogP contribution >= 0.6 is 0 Å². The van der Waals surface area contributed by atoms with E-state index in [1.165, 1.54) is 23.2 Å². The van der Waals surface area contributed by atoms with Crippen molar-refractivity contribution in [2.75, 3.05) is 50.5 Å². The number of anilines is 2. The summed E-state index contributed by atoms with van der Waals surface area (Å²) in [6, 6.07) is 17.3.